The van der Waals surface area contributed by atoms with Crippen LogP contribution in [0.2, 0.25) is 0 Å². The molecule has 0 aliphatic carbocycles. The fraction of sp³-hybridized carbons (Fsp3) is 0.533. The third kappa shape index (κ3) is 7.11. The predicted molar refractivity (Wildman–Crippen MR) is 84.9 cm³/mol. The van der Waals surface area contributed by atoms with Crippen molar-refractivity contribution < 1.29 is 4.79 Å². The van der Waals surface area contributed by atoms with Gasteiger partial charge in [-0.05, 0) is 42.5 Å². The number of thioether (sulfide) groups is 1. The second-order valence-corrected chi connectivity index (χ2v) is 5.70. The predicted octanol–water partition coefficient (Wildman–Crippen LogP) is 2.92. The first-order valence-electron chi connectivity index (χ1n) is 6.93. The third-order valence-corrected chi connectivity index (χ3v) is 3.68. The molecule has 2 N–H and O–H groups in total. The lowest BCUT2D eigenvalue weighted by Gasteiger charge is -2.07. The van der Waals surface area contributed by atoms with Crippen LogP contribution >= 0.6 is 11.8 Å². The lowest BCUT2D eigenvalue weighted by atomic mass is 10.1. The average molecular weight is 280 g/mol. The van der Waals surface area contributed by atoms with E-state index in [0.29, 0.717) is 13.0 Å². The van der Waals surface area contributed by atoms with Crippen LogP contribution in [0.15, 0.2) is 24.3 Å². The minimum Gasteiger partial charge on any atom is -0.385 e. The van der Waals surface area contributed by atoms with Crippen molar-refractivity contribution in [2.45, 2.75) is 26.7 Å². The molecule has 1 rings (SSSR count). The number of benzene rings is 1. The highest BCUT2D eigenvalue weighted by molar-refractivity contribution is 7.99. The maximum atomic E-state index is 11.4. The summed E-state index contributed by atoms with van der Waals surface area (Å²) in [6, 6.07) is 8.11. The number of hydrogen-bond donors (Lipinski definition) is 2. The SMILES string of the molecule is CCNC(=O)Cc1ccc(NCCCSCC)cc1. The summed E-state index contributed by atoms with van der Waals surface area (Å²) in [6.07, 6.45) is 1.64. The lowest BCUT2D eigenvalue weighted by molar-refractivity contribution is -0.120. The molecule has 0 saturated heterocycles. The zero-order valence-corrected chi connectivity index (χ0v) is 12.7. The van der Waals surface area contributed by atoms with Gasteiger partial charge >= 0.3 is 0 Å². The van der Waals surface area contributed by atoms with E-state index in [1.165, 1.54) is 17.9 Å². The molecule has 0 heterocycles. The molecule has 0 unspecified atom stereocenters. The number of carbonyl (C=O) groups excluding carboxylic acids is 1. The topological polar surface area (TPSA) is 41.1 Å². The molecule has 1 amide bonds. The van der Waals surface area contributed by atoms with Gasteiger partial charge in [0.05, 0.1) is 6.42 Å². The monoisotopic (exact) mass is 280 g/mol. The van der Waals surface area contributed by atoms with Crippen LogP contribution in [-0.2, 0) is 11.2 Å². The van der Waals surface area contributed by atoms with E-state index in [0.717, 1.165) is 17.8 Å². The molecule has 0 bridgehead atoms. The fourth-order valence-electron chi connectivity index (χ4n) is 1.74. The van der Waals surface area contributed by atoms with Gasteiger partial charge < -0.3 is 10.6 Å². The molecule has 0 saturated carbocycles. The number of rotatable bonds is 9. The van der Waals surface area contributed by atoms with E-state index in [-0.39, 0.29) is 5.91 Å². The molecule has 0 aliphatic rings. The van der Waals surface area contributed by atoms with Crippen molar-refractivity contribution in [1.82, 2.24) is 5.32 Å². The zero-order chi connectivity index (χ0) is 13.9. The molecular formula is C15H24N2OS. The Morgan fingerprint density at radius 3 is 2.58 bits per heavy atom. The molecule has 4 heteroatoms. The number of anilines is 1. The van der Waals surface area contributed by atoms with Crippen molar-refractivity contribution in [1.29, 1.82) is 0 Å². The van der Waals surface area contributed by atoms with Gasteiger partial charge in [0, 0.05) is 18.8 Å². The molecule has 0 atom stereocenters. The van der Waals surface area contributed by atoms with Crippen molar-refractivity contribution in [3.63, 3.8) is 0 Å². The highest BCUT2D eigenvalue weighted by Gasteiger charge is 2.01. The van der Waals surface area contributed by atoms with Crippen molar-refractivity contribution in [2.24, 2.45) is 0 Å². The Kier molecular flexibility index (Phi) is 8.14. The first-order valence-corrected chi connectivity index (χ1v) is 8.09. The summed E-state index contributed by atoms with van der Waals surface area (Å²) in [7, 11) is 0. The van der Waals surface area contributed by atoms with Crippen LogP contribution in [-0.4, -0.2) is 30.5 Å². The minimum atomic E-state index is 0.0831. The number of likely N-dealkylation sites (N-methyl/N-ethyl adjacent to an activating group) is 1. The van der Waals surface area contributed by atoms with Gasteiger partial charge in [-0.3, -0.25) is 4.79 Å². The summed E-state index contributed by atoms with van der Waals surface area (Å²) in [4.78, 5) is 11.4. The number of hydrogen-bond acceptors (Lipinski definition) is 3. The Balaban J connectivity index is 2.29. The molecule has 0 fully saturated rings. The second kappa shape index (κ2) is 9.73. The molecule has 0 aliphatic heterocycles. The zero-order valence-electron chi connectivity index (χ0n) is 11.9. The van der Waals surface area contributed by atoms with Gasteiger partial charge in [0.15, 0.2) is 0 Å². The highest BCUT2D eigenvalue weighted by atomic mass is 32.2. The van der Waals surface area contributed by atoms with E-state index >= 15 is 0 Å². The summed E-state index contributed by atoms with van der Waals surface area (Å²) in [5.74, 6) is 2.48. The molecule has 3 nitrogen and oxygen atoms in total. The standard InChI is InChI=1S/C15H24N2OS/c1-3-16-15(18)12-13-6-8-14(9-7-13)17-10-5-11-19-4-2/h6-9,17H,3-5,10-12H2,1-2H3,(H,16,18). The maximum Gasteiger partial charge on any atom is 0.224 e. The first kappa shape index (κ1) is 15.9. The van der Waals surface area contributed by atoms with Crippen LogP contribution in [0.3, 0.4) is 0 Å². The van der Waals surface area contributed by atoms with E-state index in [9.17, 15) is 4.79 Å². The van der Waals surface area contributed by atoms with Crippen LogP contribution in [0.1, 0.15) is 25.8 Å². The van der Waals surface area contributed by atoms with Gasteiger partial charge in [0.25, 0.3) is 0 Å². The van der Waals surface area contributed by atoms with Gasteiger partial charge in [-0.2, -0.15) is 11.8 Å². The normalized spacial score (nSPS) is 10.2. The van der Waals surface area contributed by atoms with Crippen LogP contribution in [0.25, 0.3) is 0 Å². The first-order chi connectivity index (χ1) is 9.26. The largest absolute Gasteiger partial charge is 0.385 e. The Labute approximate surface area is 120 Å². The molecule has 106 valence electrons. The van der Waals surface area contributed by atoms with Crippen LogP contribution in [0.5, 0.6) is 0 Å². The number of nitrogens with one attached hydrogen (secondary N) is 2. The molecular weight excluding hydrogens is 256 g/mol. The number of amides is 1. The quantitative estimate of drug-likeness (QED) is 0.683. The van der Waals surface area contributed by atoms with Crippen LogP contribution in [0.4, 0.5) is 5.69 Å². The van der Waals surface area contributed by atoms with Gasteiger partial charge in [0.1, 0.15) is 0 Å². The van der Waals surface area contributed by atoms with E-state index in [1.54, 1.807) is 0 Å². The van der Waals surface area contributed by atoms with E-state index < -0.39 is 0 Å². The average Bonchev–Trinajstić information content (AvgIpc) is 2.41. The van der Waals surface area contributed by atoms with E-state index in [2.05, 4.69) is 17.6 Å². The highest BCUT2D eigenvalue weighted by Crippen LogP contribution is 2.10. The maximum absolute atomic E-state index is 11.4. The van der Waals surface area contributed by atoms with Gasteiger partial charge in [-0.1, -0.05) is 19.1 Å². The van der Waals surface area contributed by atoms with Crippen LogP contribution < -0.4 is 10.6 Å². The minimum absolute atomic E-state index is 0.0831. The lowest BCUT2D eigenvalue weighted by Crippen LogP contribution is -2.24. The van der Waals surface area contributed by atoms with Crippen molar-refractivity contribution in [3.8, 4) is 0 Å². The molecule has 1 aromatic rings. The van der Waals surface area contributed by atoms with Crippen LogP contribution in [0, 0.1) is 0 Å². The Morgan fingerprint density at radius 1 is 1.21 bits per heavy atom. The van der Waals surface area contributed by atoms with Crippen molar-refractivity contribution >= 4 is 23.4 Å². The molecule has 0 radical (unpaired) electrons. The van der Waals surface area contributed by atoms with Gasteiger partial charge in [-0.25, -0.2) is 0 Å². The van der Waals surface area contributed by atoms with Crippen molar-refractivity contribution in [2.75, 3.05) is 29.9 Å². The van der Waals surface area contributed by atoms with Gasteiger partial charge in [-0.15, -0.1) is 0 Å². The fourth-order valence-corrected chi connectivity index (χ4v) is 2.37. The smallest absolute Gasteiger partial charge is 0.224 e. The summed E-state index contributed by atoms with van der Waals surface area (Å²) in [5, 5.41) is 6.20. The molecule has 0 spiro atoms. The van der Waals surface area contributed by atoms with Crippen molar-refractivity contribution in [3.05, 3.63) is 29.8 Å². The number of carbonyl (C=O) groups is 1. The summed E-state index contributed by atoms with van der Waals surface area (Å²) < 4.78 is 0. The molecule has 0 aromatic heterocycles. The Bertz CT molecular complexity index is 365. The molecule has 19 heavy (non-hydrogen) atoms. The third-order valence-electron chi connectivity index (χ3n) is 2.69. The van der Waals surface area contributed by atoms with E-state index in [4.69, 9.17) is 0 Å². The Morgan fingerprint density at radius 2 is 1.95 bits per heavy atom. The van der Waals surface area contributed by atoms with E-state index in [1.807, 2.05) is 43.0 Å². The summed E-state index contributed by atoms with van der Waals surface area (Å²) in [5.41, 5.74) is 2.18. The Hall–Kier alpha value is -1.16. The second-order valence-electron chi connectivity index (χ2n) is 4.30. The van der Waals surface area contributed by atoms with Gasteiger partial charge in [0.2, 0.25) is 5.91 Å². The molecule has 1 aromatic carbocycles. The summed E-state index contributed by atoms with van der Waals surface area (Å²) >= 11 is 1.97. The summed E-state index contributed by atoms with van der Waals surface area (Å²) in [6.45, 7) is 5.81.